The molecule has 2 nitrogen and oxygen atoms in total. The van der Waals surface area contributed by atoms with E-state index in [9.17, 15) is 4.79 Å². The van der Waals surface area contributed by atoms with E-state index in [1.807, 2.05) is 17.8 Å². The van der Waals surface area contributed by atoms with Crippen molar-refractivity contribution in [2.24, 2.45) is 0 Å². The minimum atomic E-state index is -0.834. The Morgan fingerprint density at radius 2 is 1.63 bits per heavy atom. The van der Waals surface area contributed by atoms with Gasteiger partial charge in [0, 0.05) is 9.77 Å². The molecule has 4 heteroatoms. The monoisotopic (exact) mass is 438 g/mol. The maximum absolute atomic E-state index is 11.0. The molecule has 0 saturated carbocycles. The summed E-state index contributed by atoms with van der Waals surface area (Å²) in [6.45, 7) is 11.1. The standard InChI is InChI=1S/C26H30O2S2/c1-17-15-22(29-14-6-7-21-12-13-23(30-21)25(27)28)16-18(2)24(17)19-8-10-20(11-9-19)26(3,4)5/h8-13,15-16H,6-7,14H2,1-5H3,(H,27,28). The lowest BCUT2D eigenvalue weighted by Crippen LogP contribution is -2.10. The zero-order valence-electron chi connectivity index (χ0n) is 18.4. The van der Waals surface area contributed by atoms with Gasteiger partial charge in [-0.2, -0.15) is 0 Å². The number of rotatable bonds is 7. The minimum absolute atomic E-state index is 0.168. The smallest absolute Gasteiger partial charge is 0.345 e. The number of hydrogen-bond acceptors (Lipinski definition) is 3. The molecule has 0 atom stereocenters. The van der Waals surface area contributed by atoms with E-state index in [4.69, 9.17) is 5.11 Å². The van der Waals surface area contributed by atoms with Crippen LogP contribution in [0.1, 0.15) is 58.4 Å². The fourth-order valence-electron chi connectivity index (χ4n) is 3.66. The van der Waals surface area contributed by atoms with Crippen LogP contribution >= 0.6 is 23.1 Å². The highest BCUT2D eigenvalue weighted by Crippen LogP contribution is 2.33. The molecule has 0 aliphatic heterocycles. The minimum Gasteiger partial charge on any atom is -0.477 e. The van der Waals surface area contributed by atoms with Crippen LogP contribution in [0.2, 0.25) is 0 Å². The fraction of sp³-hybridized carbons (Fsp3) is 0.346. The van der Waals surface area contributed by atoms with Crippen molar-refractivity contribution in [1.29, 1.82) is 0 Å². The first-order chi connectivity index (χ1) is 14.1. The van der Waals surface area contributed by atoms with Crippen LogP contribution in [0.4, 0.5) is 0 Å². The molecule has 0 bridgehead atoms. The summed E-state index contributed by atoms with van der Waals surface area (Å²) >= 11 is 3.26. The predicted molar refractivity (Wildman–Crippen MR) is 130 cm³/mol. The Balaban J connectivity index is 1.63. The van der Waals surface area contributed by atoms with Gasteiger partial charge < -0.3 is 5.11 Å². The second-order valence-corrected chi connectivity index (χ2v) is 11.1. The Morgan fingerprint density at radius 1 is 1.00 bits per heavy atom. The van der Waals surface area contributed by atoms with Crippen LogP contribution in [0.5, 0.6) is 0 Å². The summed E-state index contributed by atoms with van der Waals surface area (Å²) < 4.78 is 0. The third kappa shape index (κ3) is 5.55. The van der Waals surface area contributed by atoms with E-state index < -0.39 is 5.97 Å². The average molecular weight is 439 g/mol. The molecule has 0 aliphatic carbocycles. The molecule has 0 amide bonds. The predicted octanol–water partition coefficient (Wildman–Crippen LogP) is 7.75. The Labute approximate surface area is 188 Å². The van der Waals surface area contributed by atoms with Crippen LogP contribution < -0.4 is 0 Å². The maximum Gasteiger partial charge on any atom is 0.345 e. The summed E-state index contributed by atoms with van der Waals surface area (Å²) in [5, 5.41) is 9.03. The van der Waals surface area contributed by atoms with Gasteiger partial charge in [0.05, 0.1) is 0 Å². The highest BCUT2D eigenvalue weighted by molar-refractivity contribution is 7.99. The van der Waals surface area contributed by atoms with Crippen LogP contribution in [-0.2, 0) is 11.8 Å². The van der Waals surface area contributed by atoms with E-state index in [1.165, 1.54) is 44.0 Å². The number of carboxylic acids is 1. The SMILES string of the molecule is Cc1cc(SCCCc2ccc(C(=O)O)s2)cc(C)c1-c1ccc(C(C)(C)C)cc1. The third-order valence-electron chi connectivity index (χ3n) is 5.25. The van der Waals surface area contributed by atoms with Crippen LogP contribution in [0.3, 0.4) is 0 Å². The summed E-state index contributed by atoms with van der Waals surface area (Å²) in [4.78, 5) is 13.9. The van der Waals surface area contributed by atoms with E-state index in [-0.39, 0.29) is 5.41 Å². The van der Waals surface area contributed by atoms with Gasteiger partial charge in [0.2, 0.25) is 0 Å². The van der Waals surface area contributed by atoms with Crippen molar-refractivity contribution in [2.75, 3.05) is 5.75 Å². The zero-order chi connectivity index (χ0) is 21.9. The average Bonchev–Trinajstić information content (AvgIpc) is 3.14. The van der Waals surface area contributed by atoms with Crippen LogP contribution in [-0.4, -0.2) is 16.8 Å². The topological polar surface area (TPSA) is 37.3 Å². The first-order valence-corrected chi connectivity index (χ1v) is 12.1. The number of benzene rings is 2. The lowest BCUT2D eigenvalue weighted by molar-refractivity contribution is 0.0702. The molecule has 30 heavy (non-hydrogen) atoms. The largest absolute Gasteiger partial charge is 0.477 e. The molecule has 3 rings (SSSR count). The van der Waals surface area contributed by atoms with E-state index in [0.29, 0.717) is 4.88 Å². The van der Waals surface area contributed by atoms with Gasteiger partial charge in [0.25, 0.3) is 0 Å². The van der Waals surface area contributed by atoms with E-state index in [2.05, 4.69) is 71.0 Å². The number of thiophene rings is 1. The first-order valence-electron chi connectivity index (χ1n) is 10.3. The summed E-state index contributed by atoms with van der Waals surface area (Å²) in [6.07, 6.45) is 1.97. The van der Waals surface area contributed by atoms with Gasteiger partial charge in [0.1, 0.15) is 4.88 Å². The van der Waals surface area contributed by atoms with Crippen molar-refractivity contribution in [2.45, 2.75) is 57.8 Å². The first kappa shape index (κ1) is 22.6. The van der Waals surface area contributed by atoms with Crippen molar-refractivity contribution in [3.8, 4) is 11.1 Å². The molecular weight excluding hydrogens is 408 g/mol. The number of aromatic carboxylic acids is 1. The van der Waals surface area contributed by atoms with E-state index >= 15 is 0 Å². The van der Waals surface area contributed by atoms with Gasteiger partial charge in [-0.25, -0.2) is 4.79 Å². The molecule has 0 radical (unpaired) electrons. The molecule has 0 aliphatic rings. The van der Waals surface area contributed by atoms with E-state index in [1.54, 1.807) is 6.07 Å². The Hall–Kier alpha value is -2.04. The highest BCUT2D eigenvalue weighted by atomic mass is 32.2. The molecule has 1 aromatic heterocycles. The molecule has 1 heterocycles. The highest BCUT2D eigenvalue weighted by Gasteiger charge is 2.14. The summed E-state index contributed by atoms with van der Waals surface area (Å²) in [5.41, 5.74) is 6.76. The third-order valence-corrected chi connectivity index (χ3v) is 7.45. The van der Waals surface area contributed by atoms with Gasteiger partial charge in [-0.3, -0.25) is 0 Å². The van der Waals surface area contributed by atoms with Gasteiger partial charge >= 0.3 is 5.97 Å². The molecule has 1 N–H and O–H groups in total. The second kappa shape index (κ2) is 9.40. The molecule has 0 saturated heterocycles. The molecule has 0 fully saturated rings. The quantitative estimate of drug-likeness (QED) is 0.302. The Kier molecular flexibility index (Phi) is 7.10. The van der Waals surface area contributed by atoms with Crippen molar-refractivity contribution in [3.05, 3.63) is 75.0 Å². The molecule has 3 aromatic rings. The summed E-state index contributed by atoms with van der Waals surface area (Å²) in [7, 11) is 0. The number of hydrogen-bond donors (Lipinski definition) is 1. The number of carboxylic acid groups (broad SMARTS) is 1. The van der Waals surface area contributed by atoms with Gasteiger partial charge in [-0.15, -0.1) is 23.1 Å². The van der Waals surface area contributed by atoms with Gasteiger partial charge in [-0.05, 0) is 89.9 Å². The van der Waals surface area contributed by atoms with Crippen molar-refractivity contribution in [1.82, 2.24) is 0 Å². The van der Waals surface area contributed by atoms with Crippen molar-refractivity contribution in [3.63, 3.8) is 0 Å². The Bertz CT molecular complexity index is 1000. The van der Waals surface area contributed by atoms with Crippen LogP contribution in [0.15, 0.2) is 53.4 Å². The lowest BCUT2D eigenvalue weighted by Gasteiger charge is -2.20. The van der Waals surface area contributed by atoms with Gasteiger partial charge in [-0.1, -0.05) is 45.0 Å². The number of carbonyl (C=O) groups is 1. The zero-order valence-corrected chi connectivity index (χ0v) is 20.0. The van der Waals surface area contributed by atoms with Crippen molar-refractivity contribution >= 4 is 29.1 Å². The molecule has 158 valence electrons. The number of aryl methyl sites for hydroxylation is 3. The Morgan fingerprint density at radius 3 is 2.17 bits per heavy atom. The fourth-order valence-corrected chi connectivity index (χ4v) is 5.60. The summed E-state index contributed by atoms with van der Waals surface area (Å²) in [5.74, 6) is 0.193. The van der Waals surface area contributed by atoms with Crippen LogP contribution in [0, 0.1) is 13.8 Å². The molecule has 0 unspecified atom stereocenters. The second-order valence-electron chi connectivity index (χ2n) is 8.78. The number of thioether (sulfide) groups is 1. The summed E-state index contributed by atoms with van der Waals surface area (Å²) in [6, 6.07) is 17.2. The van der Waals surface area contributed by atoms with Crippen LogP contribution in [0.25, 0.3) is 11.1 Å². The lowest BCUT2D eigenvalue weighted by atomic mass is 9.85. The maximum atomic E-state index is 11.0. The van der Waals surface area contributed by atoms with Gasteiger partial charge in [0.15, 0.2) is 0 Å². The molecule has 0 spiro atoms. The normalized spacial score (nSPS) is 11.6. The molecular formula is C26H30O2S2. The van der Waals surface area contributed by atoms with E-state index in [0.717, 1.165) is 23.5 Å². The molecule has 2 aromatic carbocycles. The van der Waals surface area contributed by atoms with Crippen molar-refractivity contribution < 1.29 is 9.90 Å².